The number of anilines is 1. The highest BCUT2D eigenvalue weighted by Gasteiger charge is 2.25. The zero-order valence-electron chi connectivity index (χ0n) is 12.9. The molecule has 1 aromatic carbocycles. The molecule has 0 radical (unpaired) electrons. The third-order valence-corrected chi connectivity index (χ3v) is 4.17. The fraction of sp³-hybridized carbons (Fsp3) is 0.412. The fourth-order valence-electron chi connectivity index (χ4n) is 3.09. The Morgan fingerprint density at radius 2 is 2.23 bits per heavy atom. The number of rotatable bonds is 4. The highest BCUT2D eigenvalue weighted by Crippen LogP contribution is 2.31. The van der Waals surface area contributed by atoms with Gasteiger partial charge in [-0.3, -0.25) is 4.90 Å². The molecule has 0 unspecified atom stereocenters. The summed E-state index contributed by atoms with van der Waals surface area (Å²) in [6, 6.07) is 10.5. The second kappa shape index (κ2) is 6.75. The number of hydrogen-bond acceptors (Lipinski definition) is 5. The molecular weight excluding hydrogens is 276 g/mol. The maximum Gasteiger partial charge on any atom is 0.220 e. The van der Waals surface area contributed by atoms with Gasteiger partial charge in [0, 0.05) is 12.7 Å². The van der Waals surface area contributed by atoms with E-state index in [9.17, 15) is 0 Å². The van der Waals surface area contributed by atoms with E-state index in [1.807, 2.05) is 18.2 Å². The first kappa shape index (κ1) is 14.8. The average molecular weight is 298 g/mol. The topological polar surface area (TPSA) is 64.3 Å². The van der Waals surface area contributed by atoms with E-state index < -0.39 is 0 Å². The molecule has 0 saturated carbocycles. The second-order valence-electron chi connectivity index (χ2n) is 5.67. The lowest BCUT2D eigenvalue weighted by Gasteiger charge is -2.35. The Kier molecular flexibility index (Phi) is 4.53. The molecule has 2 heterocycles. The van der Waals surface area contributed by atoms with Crippen molar-refractivity contribution in [3.05, 3.63) is 47.8 Å². The van der Waals surface area contributed by atoms with E-state index in [1.54, 1.807) is 13.3 Å². The largest absolute Gasteiger partial charge is 0.497 e. The highest BCUT2D eigenvalue weighted by atomic mass is 16.5. The zero-order chi connectivity index (χ0) is 15.4. The molecule has 1 aromatic heterocycles. The van der Waals surface area contributed by atoms with Crippen LogP contribution < -0.4 is 10.5 Å². The van der Waals surface area contributed by atoms with Gasteiger partial charge in [0.25, 0.3) is 0 Å². The van der Waals surface area contributed by atoms with Crippen molar-refractivity contribution in [3.63, 3.8) is 0 Å². The molecule has 5 heteroatoms. The van der Waals surface area contributed by atoms with Crippen LogP contribution in [0.25, 0.3) is 0 Å². The zero-order valence-corrected chi connectivity index (χ0v) is 12.9. The number of piperidine rings is 1. The minimum atomic E-state index is 0.310. The summed E-state index contributed by atoms with van der Waals surface area (Å²) in [5.74, 6) is 1.25. The van der Waals surface area contributed by atoms with Gasteiger partial charge in [-0.15, -0.1) is 0 Å². The van der Waals surface area contributed by atoms with Gasteiger partial charge in [-0.25, -0.2) is 9.97 Å². The van der Waals surface area contributed by atoms with Crippen molar-refractivity contribution in [2.75, 3.05) is 19.4 Å². The summed E-state index contributed by atoms with van der Waals surface area (Å²) in [5.41, 5.74) is 8.02. The predicted octanol–water partition coefficient (Wildman–Crippen LogP) is 2.79. The fourth-order valence-corrected chi connectivity index (χ4v) is 3.09. The van der Waals surface area contributed by atoms with Crippen molar-refractivity contribution >= 4 is 5.95 Å². The smallest absolute Gasteiger partial charge is 0.220 e. The number of hydrogen-bond donors (Lipinski definition) is 1. The average Bonchev–Trinajstić information content (AvgIpc) is 2.55. The Morgan fingerprint density at radius 1 is 1.32 bits per heavy atom. The molecule has 2 N–H and O–H groups in total. The number of benzene rings is 1. The molecule has 0 bridgehead atoms. The van der Waals surface area contributed by atoms with Crippen LogP contribution in [0.1, 0.15) is 36.6 Å². The maximum absolute atomic E-state index is 5.74. The minimum Gasteiger partial charge on any atom is -0.497 e. The molecule has 116 valence electrons. The van der Waals surface area contributed by atoms with Gasteiger partial charge in [0.2, 0.25) is 5.95 Å². The van der Waals surface area contributed by atoms with E-state index in [2.05, 4.69) is 27.0 Å². The molecule has 22 heavy (non-hydrogen) atoms. The van der Waals surface area contributed by atoms with Crippen molar-refractivity contribution in [2.45, 2.75) is 31.8 Å². The van der Waals surface area contributed by atoms with Crippen molar-refractivity contribution in [2.24, 2.45) is 0 Å². The number of nitrogen functional groups attached to an aromatic ring is 1. The molecule has 3 rings (SSSR count). The van der Waals surface area contributed by atoms with Crippen molar-refractivity contribution in [3.8, 4) is 5.75 Å². The quantitative estimate of drug-likeness (QED) is 0.940. The first-order chi connectivity index (χ1) is 10.8. The third kappa shape index (κ3) is 3.36. The SMILES string of the molecule is COc1cccc(CN2CCCC[C@@H]2c2ccnc(N)n2)c1. The summed E-state index contributed by atoms with van der Waals surface area (Å²) < 4.78 is 5.32. The standard InChI is InChI=1S/C17H22N4O/c1-22-14-6-4-5-13(11-14)12-21-10-3-2-7-16(21)15-8-9-19-17(18)20-15/h4-6,8-9,11,16H,2-3,7,10,12H2,1H3,(H2,18,19,20)/t16-/m1/s1. The van der Waals surface area contributed by atoms with E-state index in [4.69, 9.17) is 10.5 Å². The number of aromatic nitrogens is 2. The molecule has 1 aliphatic rings. The molecule has 5 nitrogen and oxygen atoms in total. The summed E-state index contributed by atoms with van der Waals surface area (Å²) in [6.45, 7) is 1.97. The molecule has 1 fully saturated rings. The van der Waals surface area contributed by atoms with E-state index >= 15 is 0 Å². The van der Waals surface area contributed by atoms with Gasteiger partial charge in [0.15, 0.2) is 0 Å². The summed E-state index contributed by atoms with van der Waals surface area (Å²) in [4.78, 5) is 10.9. The summed E-state index contributed by atoms with van der Waals surface area (Å²) in [7, 11) is 1.70. The van der Waals surface area contributed by atoms with E-state index in [1.165, 1.54) is 18.4 Å². The lowest BCUT2D eigenvalue weighted by atomic mass is 9.98. The van der Waals surface area contributed by atoms with Crippen LogP contribution in [-0.4, -0.2) is 28.5 Å². The third-order valence-electron chi connectivity index (χ3n) is 4.17. The Bertz CT molecular complexity index is 632. The molecule has 2 aromatic rings. The van der Waals surface area contributed by atoms with Gasteiger partial charge >= 0.3 is 0 Å². The van der Waals surface area contributed by atoms with Gasteiger partial charge in [-0.2, -0.15) is 0 Å². The molecular formula is C17H22N4O. The number of ether oxygens (including phenoxy) is 1. The Hall–Kier alpha value is -2.14. The van der Waals surface area contributed by atoms with Gasteiger partial charge in [0.05, 0.1) is 18.8 Å². The molecule has 1 atom stereocenters. The molecule has 1 aliphatic heterocycles. The molecule has 1 saturated heterocycles. The normalized spacial score (nSPS) is 19.0. The Labute approximate surface area is 131 Å². The first-order valence-electron chi connectivity index (χ1n) is 7.71. The van der Waals surface area contributed by atoms with Gasteiger partial charge < -0.3 is 10.5 Å². The predicted molar refractivity (Wildman–Crippen MR) is 86.4 cm³/mol. The second-order valence-corrected chi connectivity index (χ2v) is 5.67. The van der Waals surface area contributed by atoms with Crippen LogP contribution in [0, 0.1) is 0 Å². The van der Waals surface area contributed by atoms with E-state index in [0.717, 1.165) is 31.0 Å². The summed E-state index contributed by atoms with van der Waals surface area (Å²) in [6.07, 6.45) is 5.31. The lowest BCUT2D eigenvalue weighted by molar-refractivity contribution is 0.137. The van der Waals surface area contributed by atoms with E-state index in [-0.39, 0.29) is 0 Å². The maximum atomic E-state index is 5.74. The molecule has 0 amide bonds. The lowest BCUT2D eigenvalue weighted by Crippen LogP contribution is -2.33. The van der Waals surface area contributed by atoms with Gasteiger partial charge in [-0.05, 0) is 43.1 Å². The van der Waals surface area contributed by atoms with Crippen molar-refractivity contribution in [1.82, 2.24) is 14.9 Å². The summed E-state index contributed by atoms with van der Waals surface area (Å²) in [5, 5.41) is 0. The Balaban J connectivity index is 1.80. The first-order valence-corrected chi connectivity index (χ1v) is 7.71. The minimum absolute atomic E-state index is 0.310. The van der Waals surface area contributed by atoms with Crippen LogP contribution in [0.4, 0.5) is 5.95 Å². The van der Waals surface area contributed by atoms with Gasteiger partial charge in [0.1, 0.15) is 5.75 Å². The van der Waals surface area contributed by atoms with Crippen LogP contribution >= 0.6 is 0 Å². The van der Waals surface area contributed by atoms with Crippen molar-refractivity contribution in [1.29, 1.82) is 0 Å². The number of methoxy groups -OCH3 is 1. The van der Waals surface area contributed by atoms with Crippen LogP contribution in [0.2, 0.25) is 0 Å². The van der Waals surface area contributed by atoms with E-state index in [0.29, 0.717) is 12.0 Å². The monoisotopic (exact) mass is 298 g/mol. The van der Waals surface area contributed by atoms with Crippen LogP contribution in [0.15, 0.2) is 36.5 Å². The van der Waals surface area contributed by atoms with Crippen LogP contribution in [-0.2, 0) is 6.54 Å². The molecule has 0 spiro atoms. The number of likely N-dealkylation sites (tertiary alicyclic amines) is 1. The number of nitrogens with zero attached hydrogens (tertiary/aromatic N) is 3. The summed E-state index contributed by atoms with van der Waals surface area (Å²) >= 11 is 0. The Morgan fingerprint density at radius 3 is 3.05 bits per heavy atom. The van der Waals surface area contributed by atoms with Crippen LogP contribution in [0.5, 0.6) is 5.75 Å². The van der Waals surface area contributed by atoms with Gasteiger partial charge in [-0.1, -0.05) is 18.6 Å². The van der Waals surface area contributed by atoms with Crippen LogP contribution in [0.3, 0.4) is 0 Å². The molecule has 0 aliphatic carbocycles. The number of nitrogens with two attached hydrogens (primary N) is 1. The highest BCUT2D eigenvalue weighted by molar-refractivity contribution is 5.28. The van der Waals surface area contributed by atoms with Crippen molar-refractivity contribution < 1.29 is 4.74 Å².